The van der Waals surface area contributed by atoms with Crippen molar-refractivity contribution in [1.82, 2.24) is 10.2 Å². The minimum atomic E-state index is -0.470. The highest BCUT2D eigenvalue weighted by Crippen LogP contribution is 2.24. The minimum Gasteiger partial charge on any atom is -0.308 e. The first-order valence-corrected chi connectivity index (χ1v) is 9.20. The summed E-state index contributed by atoms with van der Waals surface area (Å²) in [4.78, 5) is 26.1. The molecule has 1 aromatic heterocycles. The fourth-order valence-electron chi connectivity index (χ4n) is 2.75. The topological polar surface area (TPSA) is 75.5 Å². The van der Waals surface area contributed by atoms with E-state index < -0.39 is 4.92 Å². The molecule has 6 nitrogen and oxygen atoms in total. The molecule has 1 unspecified atom stereocenters. The number of rotatable bonds is 10. The molecule has 25 heavy (non-hydrogen) atoms. The maximum atomic E-state index is 12.3. The predicted octanol–water partition coefficient (Wildman–Crippen LogP) is 3.51. The summed E-state index contributed by atoms with van der Waals surface area (Å²) in [7, 11) is 0. The van der Waals surface area contributed by atoms with Gasteiger partial charge in [0, 0.05) is 29.1 Å². The van der Waals surface area contributed by atoms with Gasteiger partial charge in [0.15, 0.2) is 5.78 Å². The van der Waals surface area contributed by atoms with Crippen LogP contribution in [0.2, 0.25) is 0 Å². The molecule has 134 valence electrons. The SMILES string of the molecule is CCN(CC)C(CNCC(=O)c1ccc([N+](=O)[O-])cc1)c1cccs1. The van der Waals surface area contributed by atoms with Crippen LogP contribution in [0.4, 0.5) is 5.69 Å². The highest BCUT2D eigenvalue weighted by Gasteiger charge is 2.19. The predicted molar refractivity (Wildman–Crippen MR) is 100 cm³/mol. The van der Waals surface area contributed by atoms with Crippen LogP contribution in [0.5, 0.6) is 0 Å². The van der Waals surface area contributed by atoms with E-state index >= 15 is 0 Å². The first-order valence-electron chi connectivity index (χ1n) is 8.32. The fourth-order valence-corrected chi connectivity index (χ4v) is 3.61. The number of non-ortho nitro benzene ring substituents is 1. The Morgan fingerprint density at radius 3 is 2.44 bits per heavy atom. The monoisotopic (exact) mass is 361 g/mol. The minimum absolute atomic E-state index is 0.0104. The zero-order valence-electron chi connectivity index (χ0n) is 14.5. The van der Waals surface area contributed by atoms with Crippen molar-refractivity contribution >= 4 is 22.8 Å². The normalized spacial score (nSPS) is 12.3. The third kappa shape index (κ3) is 5.19. The van der Waals surface area contributed by atoms with Crippen LogP contribution >= 0.6 is 11.3 Å². The molecular formula is C18H23N3O3S. The van der Waals surface area contributed by atoms with E-state index in [0.717, 1.165) is 13.1 Å². The van der Waals surface area contributed by atoms with Gasteiger partial charge in [0.1, 0.15) is 0 Å². The third-order valence-electron chi connectivity index (χ3n) is 4.15. The lowest BCUT2D eigenvalue weighted by Crippen LogP contribution is -2.37. The van der Waals surface area contributed by atoms with Gasteiger partial charge in [0.2, 0.25) is 0 Å². The number of carbonyl (C=O) groups excluding carboxylic acids is 1. The van der Waals surface area contributed by atoms with Crippen LogP contribution in [-0.2, 0) is 0 Å². The molecule has 0 amide bonds. The van der Waals surface area contributed by atoms with Crippen LogP contribution < -0.4 is 5.32 Å². The van der Waals surface area contributed by atoms with Gasteiger partial charge in [-0.3, -0.25) is 19.8 Å². The Morgan fingerprint density at radius 1 is 1.24 bits per heavy atom. The molecule has 0 saturated heterocycles. The molecule has 0 aliphatic rings. The Kier molecular flexibility index (Phi) is 7.24. The molecule has 7 heteroatoms. The second kappa shape index (κ2) is 9.41. The third-order valence-corrected chi connectivity index (χ3v) is 5.12. The van der Waals surface area contributed by atoms with Gasteiger partial charge in [-0.15, -0.1) is 11.3 Å². The van der Waals surface area contributed by atoms with Crippen molar-refractivity contribution in [3.05, 3.63) is 62.3 Å². The van der Waals surface area contributed by atoms with Crippen molar-refractivity contribution < 1.29 is 9.72 Å². The number of thiophene rings is 1. The molecule has 0 aliphatic carbocycles. The number of carbonyl (C=O) groups is 1. The van der Waals surface area contributed by atoms with Gasteiger partial charge in [0.05, 0.1) is 17.5 Å². The van der Waals surface area contributed by atoms with Gasteiger partial charge >= 0.3 is 0 Å². The van der Waals surface area contributed by atoms with E-state index in [0.29, 0.717) is 12.1 Å². The molecule has 0 aliphatic heterocycles. The van der Waals surface area contributed by atoms with Gasteiger partial charge < -0.3 is 5.32 Å². The molecular weight excluding hydrogens is 338 g/mol. The van der Waals surface area contributed by atoms with Gasteiger partial charge in [-0.1, -0.05) is 19.9 Å². The van der Waals surface area contributed by atoms with Crippen molar-refractivity contribution in [3.63, 3.8) is 0 Å². The Bertz CT molecular complexity index is 682. The number of nitro groups is 1. The van der Waals surface area contributed by atoms with Crippen LogP contribution in [0.25, 0.3) is 0 Å². The van der Waals surface area contributed by atoms with Crippen molar-refractivity contribution in [1.29, 1.82) is 0 Å². The van der Waals surface area contributed by atoms with Crippen molar-refractivity contribution in [2.24, 2.45) is 0 Å². The highest BCUT2D eigenvalue weighted by molar-refractivity contribution is 7.10. The molecule has 1 N–H and O–H groups in total. The molecule has 1 atom stereocenters. The quantitative estimate of drug-likeness (QED) is 0.398. The van der Waals surface area contributed by atoms with Gasteiger partial charge in [-0.25, -0.2) is 0 Å². The summed E-state index contributed by atoms with van der Waals surface area (Å²) in [6.07, 6.45) is 0. The summed E-state index contributed by atoms with van der Waals surface area (Å²) in [6.45, 7) is 7.04. The summed E-state index contributed by atoms with van der Waals surface area (Å²) in [6, 6.07) is 10.1. The van der Waals surface area contributed by atoms with E-state index in [1.54, 1.807) is 11.3 Å². The van der Waals surface area contributed by atoms with Crippen LogP contribution in [-0.4, -0.2) is 41.8 Å². The Morgan fingerprint density at radius 2 is 1.92 bits per heavy atom. The molecule has 1 aromatic carbocycles. The number of likely N-dealkylation sites (N-methyl/N-ethyl adjacent to an activating group) is 1. The largest absolute Gasteiger partial charge is 0.308 e. The smallest absolute Gasteiger partial charge is 0.269 e. The van der Waals surface area contributed by atoms with Crippen LogP contribution in [0.15, 0.2) is 41.8 Å². The summed E-state index contributed by atoms with van der Waals surface area (Å²) in [5.74, 6) is -0.0700. The number of ketones is 1. The first-order chi connectivity index (χ1) is 12.1. The maximum Gasteiger partial charge on any atom is 0.269 e. The van der Waals surface area contributed by atoms with E-state index in [1.807, 2.05) is 6.07 Å². The zero-order valence-corrected chi connectivity index (χ0v) is 15.3. The molecule has 0 bridgehead atoms. The number of nitro benzene ring substituents is 1. The number of hydrogen-bond acceptors (Lipinski definition) is 6. The second-order valence-electron chi connectivity index (χ2n) is 5.61. The van der Waals surface area contributed by atoms with E-state index in [9.17, 15) is 14.9 Å². The summed E-state index contributed by atoms with van der Waals surface area (Å²) >= 11 is 1.72. The Labute approximate surface area is 151 Å². The highest BCUT2D eigenvalue weighted by atomic mass is 32.1. The van der Waals surface area contributed by atoms with Crippen LogP contribution in [0, 0.1) is 10.1 Å². The number of nitrogens with one attached hydrogen (secondary N) is 1. The lowest BCUT2D eigenvalue weighted by Gasteiger charge is -2.29. The van der Waals surface area contributed by atoms with Crippen LogP contribution in [0.1, 0.15) is 35.1 Å². The average Bonchev–Trinajstić information content (AvgIpc) is 3.15. The first kappa shape index (κ1) is 19.2. The molecule has 0 radical (unpaired) electrons. The van der Waals surface area contributed by atoms with Crippen molar-refractivity contribution in [2.45, 2.75) is 19.9 Å². The lowest BCUT2D eigenvalue weighted by atomic mass is 10.1. The molecule has 1 heterocycles. The van der Waals surface area contributed by atoms with Gasteiger partial charge in [-0.05, 0) is 36.7 Å². The van der Waals surface area contributed by atoms with Crippen molar-refractivity contribution in [2.75, 3.05) is 26.2 Å². The van der Waals surface area contributed by atoms with Gasteiger partial charge in [-0.2, -0.15) is 0 Å². The summed E-state index contributed by atoms with van der Waals surface area (Å²) in [5, 5.41) is 16.0. The summed E-state index contributed by atoms with van der Waals surface area (Å²) < 4.78 is 0. The average molecular weight is 361 g/mol. The van der Waals surface area contributed by atoms with Crippen LogP contribution in [0.3, 0.4) is 0 Å². The molecule has 0 saturated carbocycles. The van der Waals surface area contributed by atoms with E-state index in [1.165, 1.54) is 29.1 Å². The van der Waals surface area contributed by atoms with Crippen molar-refractivity contribution in [3.8, 4) is 0 Å². The standard InChI is InChI=1S/C18H23N3O3S/c1-3-20(4-2)16(18-6-5-11-25-18)12-19-13-17(22)14-7-9-15(10-8-14)21(23)24/h5-11,16,19H,3-4,12-13H2,1-2H3. The number of nitrogens with zero attached hydrogens (tertiary/aromatic N) is 2. The van der Waals surface area contributed by atoms with E-state index in [2.05, 4.69) is 35.5 Å². The number of hydrogen-bond donors (Lipinski definition) is 1. The van der Waals surface area contributed by atoms with Gasteiger partial charge in [0.25, 0.3) is 5.69 Å². The zero-order chi connectivity index (χ0) is 18.2. The van der Waals surface area contributed by atoms with E-state index in [4.69, 9.17) is 0 Å². The molecule has 2 aromatic rings. The Balaban J connectivity index is 1.94. The molecule has 2 rings (SSSR count). The second-order valence-corrected chi connectivity index (χ2v) is 6.59. The van der Waals surface area contributed by atoms with E-state index in [-0.39, 0.29) is 24.1 Å². The maximum absolute atomic E-state index is 12.3. The lowest BCUT2D eigenvalue weighted by molar-refractivity contribution is -0.384. The molecule has 0 fully saturated rings. The fraction of sp³-hybridized carbons (Fsp3) is 0.389. The molecule has 0 spiro atoms. The number of Topliss-reactive ketones (excluding diaryl/α,β-unsaturated/α-hetero) is 1. The summed E-state index contributed by atoms with van der Waals surface area (Å²) in [5.41, 5.74) is 0.470. The number of benzene rings is 1. The Hall–Kier alpha value is -2.09.